The van der Waals surface area contributed by atoms with Gasteiger partial charge in [-0.1, -0.05) is 24.3 Å². The van der Waals surface area contributed by atoms with E-state index in [2.05, 4.69) is 27.8 Å². The largest absolute Gasteiger partial charge is 0.353 e. The van der Waals surface area contributed by atoms with Gasteiger partial charge in [-0.3, -0.25) is 15.1 Å². The maximum absolute atomic E-state index is 10.7. The minimum atomic E-state index is -0.388. The van der Waals surface area contributed by atoms with Gasteiger partial charge >= 0.3 is 0 Å². The summed E-state index contributed by atoms with van der Waals surface area (Å²) in [5, 5.41) is 17.2. The molecule has 20 heavy (non-hydrogen) atoms. The van der Waals surface area contributed by atoms with Crippen LogP contribution in [0.4, 0.5) is 5.69 Å². The highest BCUT2D eigenvalue weighted by atomic mass is 16.6. The highest BCUT2D eigenvalue weighted by molar-refractivity contribution is 5.80. The molecule has 0 bridgehead atoms. The quantitative estimate of drug-likeness (QED) is 0.289. The molecule has 1 aromatic carbocycles. The zero-order valence-electron chi connectivity index (χ0n) is 11.4. The summed E-state index contributed by atoms with van der Waals surface area (Å²) in [5.41, 5.74) is 0.957. The molecule has 0 heterocycles. The third-order valence-electron chi connectivity index (χ3n) is 3.15. The van der Waals surface area contributed by atoms with Crippen molar-refractivity contribution < 1.29 is 4.92 Å². The Morgan fingerprint density at radius 2 is 2.20 bits per heavy atom. The maximum Gasteiger partial charge on any atom is 0.269 e. The highest BCUT2D eigenvalue weighted by Gasteiger charge is 2.11. The first-order valence-corrected chi connectivity index (χ1v) is 6.54. The summed E-state index contributed by atoms with van der Waals surface area (Å²) >= 11 is 0. The second kappa shape index (κ2) is 6.70. The van der Waals surface area contributed by atoms with Crippen molar-refractivity contribution >= 4 is 11.6 Å². The van der Waals surface area contributed by atoms with Gasteiger partial charge in [0.05, 0.1) is 4.92 Å². The molecule has 0 atom stereocenters. The first-order valence-electron chi connectivity index (χ1n) is 6.54. The molecular weight excluding hydrogens is 256 g/mol. The lowest BCUT2D eigenvalue weighted by molar-refractivity contribution is -0.384. The van der Waals surface area contributed by atoms with E-state index in [0.717, 1.165) is 18.4 Å². The summed E-state index contributed by atoms with van der Waals surface area (Å²) in [6.45, 7) is 0.501. The van der Waals surface area contributed by atoms with Gasteiger partial charge in [0.1, 0.15) is 0 Å². The molecule has 0 spiro atoms. The summed E-state index contributed by atoms with van der Waals surface area (Å²) in [7, 11) is 1.71. The molecule has 0 aromatic heterocycles. The van der Waals surface area contributed by atoms with Crippen LogP contribution in [0.3, 0.4) is 0 Å². The standard InChI is InChI=1S/C14H18N4O2/c1-15-14(17-12-6-2-3-7-12)16-10-11-5-4-8-13(9-11)18(19)20/h2-5,8-9,12H,6-7,10H2,1H3,(H2,15,16,17). The molecular formula is C14H18N4O2. The predicted molar refractivity (Wildman–Crippen MR) is 78.6 cm³/mol. The number of non-ortho nitro benzene ring substituents is 1. The molecule has 1 aliphatic carbocycles. The van der Waals surface area contributed by atoms with E-state index in [1.807, 2.05) is 6.07 Å². The third kappa shape index (κ3) is 3.81. The first-order chi connectivity index (χ1) is 9.69. The molecule has 0 saturated heterocycles. The summed E-state index contributed by atoms with van der Waals surface area (Å²) in [4.78, 5) is 14.5. The van der Waals surface area contributed by atoms with E-state index in [9.17, 15) is 10.1 Å². The van der Waals surface area contributed by atoms with E-state index >= 15 is 0 Å². The van der Waals surface area contributed by atoms with Crippen molar-refractivity contribution in [3.05, 3.63) is 52.1 Å². The topological polar surface area (TPSA) is 79.6 Å². The Morgan fingerprint density at radius 3 is 2.85 bits per heavy atom. The van der Waals surface area contributed by atoms with Crippen molar-refractivity contribution in [1.29, 1.82) is 0 Å². The summed E-state index contributed by atoms with van der Waals surface area (Å²) in [6, 6.07) is 6.97. The van der Waals surface area contributed by atoms with Crippen LogP contribution in [0.1, 0.15) is 18.4 Å². The van der Waals surface area contributed by atoms with Gasteiger partial charge in [0.25, 0.3) is 5.69 Å². The lowest BCUT2D eigenvalue weighted by Crippen LogP contribution is -2.42. The zero-order chi connectivity index (χ0) is 14.4. The fourth-order valence-electron chi connectivity index (χ4n) is 2.09. The molecule has 2 N–H and O–H groups in total. The number of nitrogens with one attached hydrogen (secondary N) is 2. The summed E-state index contributed by atoms with van der Waals surface area (Å²) in [6.07, 6.45) is 6.28. The summed E-state index contributed by atoms with van der Waals surface area (Å²) in [5.74, 6) is 0.713. The molecule has 0 aliphatic heterocycles. The van der Waals surface area contributed by atoms with Gasteiger partial charge in [0.15, 0.2) is 5.96 Å². The fourth-order valence-corrected chi connectivity index (χ4v) is 2.09. The first kappa shape index (κ1) is 14.0. The van der Waals surface area contributed by atoms with E-state index in [1.165, 1.54) is 6.07 Å². The van der Waals surface area contributed by atoms with Crippen LogP contribution in [0.15, 0.2) is 41.4 Å². The Balaban J connectivity index is 1.89. The second-order valence-electron chi connectivity index (χ2n) is 4.64. The van der Waals surface area contributed by atoms with Gasteiger partial charge in [-0.15, -0.1) is 0 Å². The SMILES string of the molecule is CN=C(NCc1cccc([N+](=O)[O-])c1)NC1CC=CC1. The van der Waals surface area contributed by atoms with Crippen molar-refractivity contribution in [1.82, 2.24) is 10.6 Å². The van der Waals surface area contributed by atoms with Gasteiger partial charge in [-0.2, -0.15) is 0 Å². The van der Waals surface area contributed by atoms with Gasteiger partial charge in [0, 0.05) is 31.8 Å². The van der Waals surface area contributed by atoms with E-state index in [1.54, 1.807) is 19.2 Å². The van der Waals surface area contributed by atoms with E-state index in [4.69, 9.17) is 0 Å². The molecule has 2 rings (SSSR count). The lowest BCUT2D eigenvalue weighted by atomic mass is 10.2. The lowest BCUT2D eigenvalue weighted by Gasteiger charge is -2.16. The third-order valence-corrected chi connectivity index (χ3v) is 3.15. The average Bonchev–Trinajstić information content (AvgIpc) is 2.96. The number of benzene rings is 1. The monoisotopic (exact) mass is 274 g/mol. The molecule has 6 nitrogen and oxygen atoms in total. The zero-order valence-corrected chi connectivity index (χ0v) is 11.4. The number of nitrogens with zero attached hydrogens (tertiary/aromatic N) is 2. The Bertz CT molecular complexity index is 532. The van der Waals surface area contributed by atoms with Crippen molar-refractivity contribution in [2.24, 2.45) is 4.99 Å². The smallest absolute Gasteiger partial charge is 0.269 e. The van der Waals surface area contributed by atoms with E-state index < -0.39 is 0 Å². The normalized spacial score (nSPS) is 15.3. The van der Waals surface area contributed by atoms with Crippen LogP contribution >= 0.6 is 0 Å². The van der Waals surface area contributed by atoms with Crippen LogP contribution in [0, 0.1) is 10.1 Å². The van der Waals surface area contributed by atoms with Crippen LogP contribution in [0.25, 0.3) is 0 Å². The van der Waals surface area contributed by atoms with Gasteiger partial charge < -0.3 is 10.6 Å². The van der Waals surface area contributed by atoms with Crippen molar-refractivity contribution in [2.75, 3.05) is 7.05 Å². The van der Waals surface area contributed by atoms with E-state index in [0.29, 0.717) is 18.5 Å². The molecule has 6 heteroatoms. The Hall–Kier alpha value is -2.37. The fraction of sp³-hybridized carbons (Fsp3) is 0.357. The number of rotatable bonds is 4. The number of nitro groups is 1. The predicted octanol–water partition coefficient (Wildman–Crippen LogP) is 1.98. The molecule has 0 amide bonds. The molecule has 0 fully saturated rings. The van der Waals surface area contributed by atoms with Crippen molar-refractivity contribution in [3.8, 4) is 0 Å². The minimum absolute atomic E-state index is 0.104. The molecule has 0 radical (unpaired) electrons. The van der Waals surface area contributed by atoms with Crippen LogP contribution in [-0.2, 0) is 6.54 Å². The maximum atomic E-state index is 10.7. The van der Waals surface area contributed by atoms with Gasteiger partial charge in [-0.05, 0) is 18.4 Å². The molecule has 1 aliphatic rings. The van der Waals surface area contributed by atoms with Crippen LogP contribution in [-0.4, -0.2) is 24.0 Å². The molecule has 106 valence electrons. The number of hydrogen-bond acceptors (Lipinski definition) is 3. The Morgan fingerprint density at radius 1 is 1.45 bits per heavy atom. The number of nitro benzene ring substituents is 1. The number of hydrogen-bond donors (Lipinski definition) is 2. The Labute approximate surface area is 117 Å². The van der Waals surface area contributed by atoms with Crippen molar-refractivity contribution in [3.63, 3.8) is 0 Å². The van der Waals surface area contributed by atoms with Crippen LogP contribution < -0.4 is 10.6 Å². The molecule has 1 aromatic rings. The number of guanidine groups is 1. The van der Waals surface area contributed by atoms with Gasteiger partial charge in [-0.25, -0.2) is 0 Å². The second-order valence-corrected chi connectivity index (χ2v) is 4.64. The molecule has 0 unspecified atom stereocenters. The van der Waals surface area contributed by atoms with Crippen LogP contribution in [0.2, 0.25) is 0 Å². The van der Waals surface area contributed by atoms with Gasteiger partial charge in [0.2, 0.25) is 0 Å². The van der Waals surface area contributed by atoms with Crippen LogP contribution in [0.5, 0.6) is 0 Å². The van der Waals surface area contributed by atoms with E-state index in [-0.39, 0.29) is 10.6 Å². The highest BCUT2D eigenvalue weighted by Crippen LogP contribution is 2.13. The molecule has 0 saturated carbocycles. The Kier molecular flexibility index (Phi) is 4.70. The average molecular weight is 274 g/mol. The minimum Gasteiger partial charge on any atom is -0.353 e. The van der Waals surface area contributed by atoms with Crippen molar-refractivity contribution in [2.45, 2.75) is 25.4 Å². The number of aliphatic imine (C=N–C) groups is 1. The summed E-state index contributed by atoms with van der Waals surface area (Å²) < 4.78 is 0.